The monoisotopic (exact) mass is 339 g/mol. The first-order valence-corrected chi connectivity index (χ1v) is 7.88. The highest BCUT2D eigenvalue weighted by Gasteiger charge is 2.05. The first-order chi connectivity index (χ1) is 12.2. The number of amides is 3. The van der Waals surface area contributed by atoms with E-state index in [1.165, 1.54) is 0 Å². The van der Waals surface area contributed by atoms with Gasteiger partial charge in [0.2, 0.25) is 0 Å². The van der Waals surface area contributed by atoms with Crippen LogP contribution in [0.2, 0.25) is 0 Å². The number of anilines is 2. The first kappa shape index (κ1) is 18.0. The van der Waals surface area contributed by atoms with Crippen LogP contribution in [0.25, 0.3) is 0 Å². The van der Waals surface area contributed by atoms with E-state index >= 15 is 0 Å². The Bertz CT molecular complexity index is 701. The Labute approximate surface area is 146 Å². The van der Waals surface area contributed by atoms with Gasteiger partial charge in [0.15, 0.2) is 0 Å². The quantitative estimate of drug-likeness (QED) is 0.438. The molecule has 0 atom stereocenters. The van der Waals surface area contributed by atoms with Crippen molar-refractivity contribution in [2.75, 3.05) is 30.3 Å². The zero-order valence-electron chi connectivity index (χ0n) is 13.8. The van der Waals surface area contributed by atoms with Gasteiger partial charge in [0.25, 0.3) is 5.91 Å². The number of nitrogens with zero attached hydrogens (tertiary/aromatic N) is 1. The average Bonchev–Trinajstić information content (AvgIpc) is 2.65. The number of carbonyl (C=O) groups is 2. The van der Waals surface area contributed by atoms with Gasteiger partial charge in [0.1, 0.15) is 5.82 Å². The van der Waals surface area contributed by atoms with Crippen LogP contribution in [0, 0.1) is 0 Å². The van der Waals surface area contributed by atoms with E-state index in [-0.39, 0.29) is 11.9 Å². The molecule has 3 amide bonds. The fourth-order valence-electron chi connectivity index (χ4n) is 1.98. The van der Waals surface area contributed by atoms with Crippen molar-refractivity contribution >= 4 is 23.4 Å². The molecule has 25 heavy (non-hydrogen) atoms. The van der Waals surface area contributed by atoms with Gasteiger partial charge in [-0.25, -0.2) is 9.78 Å². The van der Waals surface area contributed by atoms with Crippen LogP contribution in [0.1, 0.15) is 10.4 Å². The number of hydrogen-bond acceptors (Lipinski definition) is 4. The normalized spacial score (nSPS) is 9.76. The lowest BCUT2D eigenvalue weighted by Gasteiger charge is -2.09. The fourth-order valence-corrected chi connectivity index (χ4v) is 1.98. The van der Waals surface area contributed by atoms with E-state index in [0.717, 1.165) is 5.82 Å². The van der Waals surface area contributed by atoms with Crippen LogP contribution in [0.4, 0.5) is 16.3 Å². The highest BCUT2D eigenvalue weighted by atomic mass is 16.2. The highest BCUT2D eigenvalue weighted by Crippen LogP contribution is 2.09. The minimum Gasteiger partial charge on any atom is -0.368 e. The molecule has 0 saturated heterocycles. The molecule has 4 N–H and O–H groups in total. The minimum atomic E-state index is -0.313. The van der Waals surface area contributed by atoms with Crippen molar-refractivity contribution in [2.24, 2.45) is 0 Å². The number of nitrogens with one attached hydrogen (secondary N) is 4. The second-order valence-electron chi connectivity index (χ2n) is 5.10. The van der Waals surface area contributed by atoms with E-state index in [4.69, 9.17) is 0 Å². The molecule has 0 aliphatic rings. The van der Waals surface area contributed by atoms with Crippen LogP contribution in [-0.2, 0) is 0 Å². The molecule has 0 saturated carbocycles. The molecule has 0 fully saturated rings. The van der Waals surface area contributed by atoms with E-state index in [0.29, 0.717) is 30.9 Å². The van der Waals surface area contributed by atoms with Crippen LogP contribution in [0.3, 0.4) is 0 Å². The molecule has 0 unspecified atom stereocenters. The molecule has 2 rings (SSSR count). The van der Waals surface area contributed by atoms with Gasteiger partial charge in [-0.1, -0.05) is 12.1 Å². The predicted molar refractivity (Wildman–Crippen MR) is 98.7 cm³/mol. The van der Waals surface area contributed by atoms with Crippen molar-refractivity contribution in [3.63, 3.8) is 0 Å². The zero-order valence-corrected chi connectivity index (χ0v) is 13.8. The predicted octanol–water partition coefficient (Wildman–Crippen LogP) is 2.23. The largest absolute Gasteiger partial charge is 0.368 e. The molecule has 2 aromatic rings. The zero-order chi connectivity index (χ0) is 17.9. The number of hydrogen-bond donors (Lipinski definition) is 4. The van der Waals surface area contributed by atoms with Gasteiger partial charge in [0, 0.05) is 37.1 Å². The first-order valence-electron chi connectivity index (χ1n) is 7.88. The summed E-state index contributed by atoms with van der Waals surface area (Å²) in [5.41, 5.74) is 1.13. The lowest BCUT2D eigenvalue weighted by molar-refractivity contribution is 0.0958. The Morgan fingerprint density at radius 3 is 2.52 bits per heavy atom. The van der Waals surface area contributed by atoms with Crippen LogP contribution >= 0.6 is 0 Å². The summed E-state index contributed by atoms with van der Waals surface area (Å²) in [5, 5.41) is 11.2. The molecule has 130 valence electrons. The molecule has 7 nitrogen and oxygen atoms in total. The molecule has 0 radical (unpaired) electrons. The van der Waals surface area contributed by atoms with Gasteiger partial charge in [-0.2, -0.15) is 0 Å². The van der Waals surface area contributed by atoms with Gasteiger partial charge < -0.3 is 21.3 Å². The number of aromatic nitrogens is 1. The molecular formula is C18H21N5O2. The third-order valence-electron chi connectivity index (χ3n) is 3.19. The second kappa shape index (κ2) is 9.71. The molecule has 1 heterocycles. The summed E-state index contributed by atoms with van der Waals surface area (Å²) in [6.45, 7) is 4.97. The number of urea groups is 1. The van der Waals surface area contributed by atoms with E-state index in [1.54, 1.807) is 36.5 Å². The Morgan fingerprint density at radius 2 is 1.84 bits per heavy atom. The van der Waals surface area contributed by atoms with Crippen molar-refractivity contribution in [2.45, 2.75) is 0 Å². The summed E-state index contributed by atoms with van der Waals surface area (Å²) in [7, 11) is 0. The smallest absolute Gasteiger partial charge is 0.319 e. The standard InChI is InChI=1S/C18H21N5O2/c1-2-10-21-17(24)14-6-8-15(9-7-14)23-18(25)22-13-12-20-16-5-3-4-11-19-16/h2-9,11H,1,10,12-13H2,(H,19,20)(H,21,24)(H2,22,23,25). The Morgan fingerprint density at radius 1 is 1.04 bits per heavy atom. The van der Waals surface area contributed by atoms with Crippen molar-refractivity contribution in [1.29, 1.82) is 0 Å². The summed E-state index contributed by atoms with van der Waals surface area (Å²) in [6.07, 6.45) is 3.31. The molecule has 1 aromatic heterocycles. The highest BCUT2D eigenvalue weighted by molar-refractivity contribution is 5.95. The molecule has 7 heteroatoms. The molecule has 0 bridgehead atoms. The van der Waals surface area contributed by atoms with Crippen LogP contribution in [0.15, 0.2) is 61.3 Å². The van der Waals surface area contributed by atoms with Gasteiger partial charge in [-0.15, -0.1) is 6.58 Å². The molecule has 1 aromatic carbocycles. The average molecular weight is 339 g/mol. The van der Waals surface area contributed by atoms with Gasteiger partial charge in [-0.05, 0) is 36.4 Å². The van der Waals surface area contributed by atoms with Gasteiger partial charge in [0.05, 0.1) is 0 Å². The van der Waals surface area contributed by atoms with Gasteiger partial charge >= 0.3 is 6.03 Å². The number of rotatable bonds is 8. The topological polar surface area (TPSA) is 95.2 Å². The maximum atomic E-state index is 11.8. The van der Waals surface area contributed by atoms with Crippen molar-refractivity contribution in [1.82, 2.24) is 15.6 Å². The van der Waals surface area contributed by atoms with Crippen LogP contribution in [-0.4, -0.2) is 36.6 Å². The Kier molecular flexibility index (Phi) is 6.99. The summed E-state index contributed by atoms with van der Waals surface area (Å²) < 4.78 is 0. The molecule has 0 aliphatic heterocycles. The summed E-state index contributed by atoms with van der Waals surface area (Å²) in [6, 6.07) is 11.9. The SMILES string of the molecule is C=CCNC(=O)c1ccc(NC(=O)NCCNc2ccccn2)cc1. The number of benzene rings is 1. The van der Waals surface area contributed by atoms with Gasteiger partial charge in [-0.3, -0.25) is 4.79 Å². The molecule has 0 spiro atoms. The second-order valence-corrected chi connectivity index (χ2v) is 5.10. The third-order valence-corrected chi connectivity index (χ3v) is 3.19. The van der Waals surface area contributed by atoms with Crippen molar-refractivity contribution in [3.05, 3.63) is 66.9 Å². The molecular weight excluding hydrogens is 318 g/mol. The third kappa shape index (κ3) is 6.34. The van der Waals surface area contributed by atoms with Crippen molar-refractivity contribution in [3.8, 4) is 0 Å². The molecule has 0 aliphatic carbocycles. The van der Waals surface area contributed by atoms with E-state index < -0.39 is 0 Å². The summed E-state index contributed by atoms with van der Waals surface area (Å²) in [5.74, 6) is 0.575. The van der Waals surface area contributed by atoms with Crippen molar-refractivity contribution < 1.29 is 9.59 Å². The summed E-state index contributed by atoms with van der Waals surface area (Å²) in [4.78, 5) is 27.7. The number of pyridine rings is 1. The Balaban J connectivity index is 1.71. The Hall–Kier alpha value is -3.35. The summed E-state index contributed by atoms with van der Waals surface area (Å²) >= 11 is 0. The lowest BCUT2D eigenvalue weighted by atomic mass is 10.2. The van der Waals surface area contributed by atoms with E-state index in [2.05, 4.69) is 32.8 Å². The van der Waals surface area contributed by atoms with Crippen LogP contribution < -0.4 is 21.3 Å². The lowest BCUT2D eigenvalue weighted by Crippen LogP contribution is -2.32. The van der Waals surface area contributed by atoms with E-state index in [1.807, 2.05) is 18.2 Å². The minimum absolute atomic E-state index is 0.184. The fraction of sp³-hybridized carbons (Fsp3) is 0.167. The van der Waals surface area contributed by atoms with E-state index in [9.17, 15) is 9.59 Å². The van der Waals surface area contributed by atoms with Crippen LogP contribution in [0.5, 0.6) is 0 Å². The number of carbonyl (C=O) groups excluding carboxylic acids is 2. The maximum absolute atomic E-state index is 11.8. The maximum Gasteiger partial charge on any atom is 0.319 e.